The number of carbonyl (C=O) groups is 3. The summed E-state index contributed by atoms with van der Waals surface area (Å²) in [5.41, 5.74) is 4.95. The second kappa shape index (κ2) is 7.79. The van der Waals surface area contributed by atoms with Gasteiger partial charge in [0.15, 0.2) is 0 Å². The monoisotopic (exact) mass is 301 g/mol. The molecule has 2 atom stereocenters. The third-order valence-corrected chi connectivity index (χ3v) is 3.49. The molecule has 120 valence electrons. The number of hydrogen-bond acceptors (Lipinski definition) is 5. The minimum Gasteiger partial charge on any atom is -0.480 e. The molecule has 0 saturated carbocycles. The van der Waals surface area contributed by atoms with E-state index < -0.39 is 30.4 Å². The van der Waals surface area contributed by atoms with Crippen molar-refractivity contribution >= 4 is 17.9 Å². The lowest BCUT2D eigenvalue weighted by atomic mass is 10.2. The first-order valence-corrected chi connectivity index (χ1v) is 6.74. The minimum atomic E-state index is -1.31. The third-order valence-electron chi connectivity index (χ3n) is 3.49. The van der Waals surface area contributed by atoms with E-state index in [1.165, 1.54) is 0 Å². The zero-order valence-corrected chi connectivity index (χ0v) is 12.3. The summed E-state index contributed by atoms with van der Waals surface area (Å²) in [6.45, 7) is 3.10. The number of nitrogens with one attached hydrogen (secondary N) is 2. The van der Waals surface area contributed by atoms with E-state index in [9.17, 15) is 14.4 Å². The Balaban J connectivity index is 2.41. The van der Waals surface area contributed by atoms with Crippen LogP contribution >= 0.6 is 0 Å². The molecule has 2 unspecified atom stereocenters. The Morgan fingerprint density at radius 1 is 1.33 bits per heavy atom. The lowest BCUT2D eigenvalue weighted by Gasteiger charge is -2.37. The summed E-state index contributed by atoms with van der Waals surface area (Å²) < 4.78 is 0. The summed E-state index contributed by atoms with van der Waals surface area (Å²) >= 11 is 0. The Bertz CT molecular complexity index is 403. The van der Waals surface area contributed by atoms with Crippen molar-refractivity contribution in [1.29, 1.82) is 0 Å². The Kier molecular flexibility index (Phi) is 6.38. The van der Waals surface area contributed by atoms with Crippen LogP contribution in [0, 0.1) is 0 Å². The molecule has 1 saturated heterocycles. The Hall–Kier alpha value is -1.87. The molecule has 1 fully saturated rings. The number of nitrogens with two attached hydrogens (primary N) is 1. The highest BCUT2D eigenvalue weighted by Crippen LogP contribution is 2.04. The van der Waals surface area contributed by atoms with Gasteiger partial charge in [0.25, 0.3) is 0 Å². The normalized spacial score (nSPS) is 21.5. The van der Waals surface area contributed by atoms with E-state index in [4.69, 9.17) is 10.8 Å². The van der Waals surface area contributed by atoms with Crippen LogP contribution in [0.4, 0.5) is 4.79 Å². The molecule has 0 spiro atoms. The average Bonchev–Trinajstić information content (AvgIpc) is 2.38. The summed E-state index contributed by atoms with van der Waals surface area (Å²) in [5, 5.41) is 13.8. The molecule has 0 aromatic rings. The van der Waals surface area contributed by atoms with Crippen molar-refractivity contribution in [2.75, 3.05) is 40.3 Å². The van der Waals surface area contributed by atoms with E-state index in [1.54, 1.807) is 0 Å². The van der Waals surface area contributed by atoms with Gasteiger partial charge in [0, 0.05) is 32.2 Å². The maximum Gasteiger partial charge on any atom is 0.326 e. The number of carboxylic acid groups (broad SMARTS) is 1. The van der Waals surface area contributed by atoms with Crippen LogP contribution in [-0.2, 0) is 9.59 Å². The van der Waals surface area contributed by atoms with Crippen LogP contribution in [0.25, 0.3) is 0 Å². The summed E-state index contributed by atoms with van der Waals surface area (Å²) in [7, 11) is 3.98. The van der Waals surface area contributed by atoms with Crippen molar-refractivity contribution in [3.05, 3.63) is 0 Å². The number of carboxylic acids is 1. The molecule has 5 N–H and O–H groups in total. The molecule has 3 amide bonds. The molecule has 0 aliphatic carbocycles. The number of amides is 3. The first kappa shape index (κ1) is 17.2. The van der Waals surface area contributed by atoms with Crippen LogP contribution in [0.5, 0.6) is 0 Å². The molecule has 0 bridgehead atoms. The maximum absolute atomic E-state index is 11.7. The number of hydrogen-bond donors (Lipinski definition) is 4. The first-order valence-electron chi connectivity index (χ1n) is 6.74. The molecule has 0 radical (unpaired) electrons. The van der Waals surface area contributed by atoms with Gasteiger partial charge in [-0.1, -0.05) is 0 Å². The molecular formula is C12H23N5O4. The molecule has 1 aliphatic heterocycles. The SMILES string of the molecule is CN1CCN(C)C(CNC(=O)NC(CC(N)=O)C(=O)O)C1. The van der Waals surface area contributed by atoms with E-state index in [0.717, 1.165) is 19.6 Å². The van der Waals surface area contributed by atoms with Gasteiger partial charge < -0.3 is 26.4 Å². The summed E-state index contributed by atoms with van der Waals surface area (Å²) in [6.07, 6.45) is -0.436. The van der Waals surface area contributed by atoms with Gasteiger partial charge in [-0.3, -0.25) is 9.69 Å². The van der Waals surface area contributed by atoms with Crippen molar-refractivity contribution in [2.24, 2.45) is 5.73 Å². The number of piperazine rings is 1. The molecule has 1 rings (SSSR count). The van der Waals surface area contributed by atoms with Gasteiger partial charge in [-0.2, -0.15) is 0 Å². The summed E-state index contributed by atoms with van der Waals surface area (Å²) in [4.78, 5) is 37.7. The third kappa shape index (κ3) is 5.96. The number of aliphatic carboxylic acids is 1. The maximum atomic E-state index is 11.7. The predicted molar refractivity (Wildman–Crippen MR) is 75.7 cm³/mol. The fraction of sp³-hybridized carbons (Fsp3) is 0.750. The fourth-order valence-electron chi connectivity index (χ4n) is 2.14. The van der Waals surface area contributed by atoms with Crippen molar-refractivity contribution in [3.8, 4) is 0 Å². The minimum absolute atomic E-state index is 0.161. The quantitative estimate of drug-likeness (QED) is 0.443. The second-order valence-corrected chi connectivity index (χ2v) is 5.31. The Labute approximate surface area is 123 Å². The van der Waals surface area contributed by atoms with Gasteiger partial charge in [-0.05, 0) is 14.1 Å². The van der Waals surface area contributed by atoms with Crippen LogP contribution in [0.1, 0.15) is 6.42 Å². The lowest BCUT2D eigenvalue weighted by molar-refractivity contribution is -0.140. The van der Waals surface area contributed by atoms with Gasteiger partial charge in [0.2, 0.25) is 5.91 Å². The zero-order chi connectivity index (χ0) is 16.0. The van der Waals surface area contributed by atoms with Gasteiger partial charge in [0.1, 0.15) is 6.04 Å². The van der Waals surface area contributed by atoms with Gasteiger partial charge in [-0.25, -0.2) is 9.59 Å². The van der Waals surface area contributed by atoms with Crippen LogP contribution in [0.2, 0.25) is 0 Å². The van der Waals surface area contributed by atoms with E-state index in [0.29, 0.717) is 6.54 Å². The highest BCUT2D eigenvalue weighted by Gasteiger charge is 2.25. The highest BCUT2D eigenvalue weighted by atomic mass is 16.4. The molecule has 0 aromatic carbocycles. The molecular weight excluding hydrogens is 278 g/mol. The summed E-state index contributed by atoms with van der Waals surface area (Å²) in [6, 6.07) is -1.77. The van der Waals surface area contributed by atoms with Gasteiger partial charge >= 0.3 is 12.0 Å². The smallest absolute Gasteiger partial charge is 0.326 e. The van der Waals surface area contributed by atoms with E-state index in [1.807, 2.05) is 14.1 Å². The largest absolute Gasteiger partial charge is 0.480 e. The van der Waals surface area contributed by atoms with Crippen LogP contribution in [-0.4, -0.2) is 85.2 Å². The van der Waals surface area contributed by atoms with Crippen molar-refractivity contribution in [3.63, 3.8) is 0 Å². The number of rotatable bonds is 6. The zero-order valence-electron chi connectivity index (χ0n) is 12.3. The topological polar surface area (TPSA) is 128 Å². The second-order valence-electron chi connectivity index (χ2n) is 5.31. The van der Waals surface area contributed by atoms with Crippen LogP contribution in [0.15, 0.2) is 0 Å². The highest BCUT2D eigenvalue weighted by molar-refractivity contribution is 5.87. The molecule has 21 heavy (non-hydrogen) atoms. The molecule has 9 heteroatoms. The standard InChI is InChI=1S/C12H23N5O4/c1-16-3-4-17(2)8(7-16)6-14-12(21)15-9(11(19)20)5-10(13)18/h8-9H,3-7H2,1-2H3,(H2,13,18)(H,19,20)(H2,14,15,21). The molecule has 1 aliphatic rings. The number of likely N-dealkylation sites (N-methyl/N-ethyl adjacent to an activating group) is 2. The molecule has 9 nitrogen and oxygen atoms in total. The van der Waals surface area contributed by atoms with E-state index >= 15 is 0 Å². The number of primary amides is 1. The fourth-order valence-corrected chi connectivity index (χ4v) is 2.14. The molecule has 1 heterocycles. The van der Waals surface area contributed by atoms with Crippen molar-refractivity contribution in [1.82, 2.24) is 20.4 Å². The van der Waals surface area contributed by atoms with Gasteiger partial charge in [0.05, 0.1) is 6.42 Å². The average molecular weight is 301 g/mol. The number of carbonyl (C=O) groups excluding carboxylic acids is 2. The van der Waals surface area contributed by atoms with Gasteiger partial charge in [-0.15, -0.1) is 0 Å². The molecule has 0 aromatic heterocycles. The van der Waals surface area contributed by atoms with Crippen molar-refractivity contribution in [2.45, 2.75) is 18.5 Å². The summed E-state index contributed by atoms with van der Waals surface area (Å²) in [5.74, 6) is -2.07. The van der Waals surface area contributed by atoms with E-state index in [-0.39, 0.29) is 6.04 Å². The number of nitrogens with zero attached hydrogens (tertiary/aromatic N) is 2. The Morgan fingerprint density at radius 2 is 2.00 bits per heavy atom. The Morgan fingerprint density at radius 3 is 2.57 bits per heavy atom. The van der Waals surface area contributed by atoms with Crippen LogP contribution < -0.4 is 16.4 Å². The van der Waals surface area contributed by atoms with Crippen molar-refractivity contribution < 1.29 is 19.5 Å². The van der Waals surface area contributed by atoms with E-state index in [2.05, 4.69) is 20.4 Å². The predicted octanol–water partition coefficient (Wildman–Crippen LogP) is -2.14. The lowest BCUT2D eigenvalue weighted by Crippen LogP contribution is -2.56. The first-order chi connectivity index (χ1) is 9.79. The van der Waals surface area contributed by atoms with Crippen LogP contribution in [0.3, 0.4) is 0 Å². The number of urea groups is 1.